The molecule has 1 N–H and O–H groups in total. The quantitative estimate of drug-likeness (QED) is 0.871. The number of carboxylic acids is 1. The van der Waals surface area contributed by atoms with Gasteiger partial charge < -0.3 is 9.84 Å². The van der Waals surface area contributed by atoms with Crippen molar-refractivity contribution in [2.45, 2.75) is 0 Å². The maximum absolute atomic E-state index is 11.8. The maximum Gasteiger partial charge on any atom is 0.338 e. The van der Waals surface area contributed by atoms with E-state index < -0.39 is 11.9 Å². The highest BCUT2D eigenvalue weighted by molar-refractivity contribution is 9.10. The van der Waals surface area contributed by atoms with Crippen LogP contribution in [0.2, 0.25) is 0 Å². The van der Waals surface area contributed by atoms with Crippen LogP contribution in [-0.4, -0.2) is 24.2 Å². The number of rotatable bonds is 3. The maximum atomic E-state index is 11.8. The molecule has 5 heteroatoms. The number of carbonyl (C=O) groups is 2. The Bertz CT molecular complexity index is 679. The van der Waals surface area contributed by atoms with Gasteiger partial charge in [0.25, 0.3) is 0 Å². The number of esters is 1. The fourth-order valence-corrected chi connectivity index (χ4v) is 2.30. The van der Waals surface area contributed by atoms with Crippen molar-refractivity contribution >= 4 is 27.9 Å². The summed E-state index contributed by atoms with van der Waals surface area (Å²) in [6.45, 7) is 0. The Kier molecular flexibility index (Phi) is 4.20. The number of aromatic carboxylic acids is 1. The summed E-state index contributed by atoms with van der Waals surface area (Å²) in [4.78, 5) is 23.1. The fraction of sp³-hybridized carbons (Fsp3) is 0.0667. The van der Waals surface area contributed by atoms with Gasteiger partial charge in [0, 0.05) is 4.47 Å². The Labute approximate surface area is 124 Å². The van der Waals surface area contributed by atoms with Gasteiger partial charge in [0.05, 0.1) is 18.2 Å². The first kappa shape index (κ1) is 14.3. The highest BCUT2D eigenvalue weighted by Crippen LogP contribution is 2.29. The van der Waals surface area contributed by atoms with Crippen molar-refractivity contribution in [3.63, 3.8) is 0 Å². The molecule has 0 aliphatic rings. The summed E-state index contributed by atoms with van der Waals surface area (Å²) in [5.74, 6) is -1.55. The van der Waals surface area contributed by atoms with Crippen LogP contribution in [0.1, 0.15) is 20.7 Å². The first-order valence-electron chi connectivity index (χ1n) is 5.75. The molecule has 2 aromatic carbocycles. The lowest BCUT2D eigenvalue weighted by atomic mass is 9.95. The third-order valence-corrected chi connectivity index (χ3v) is 3.33. The minimum absolute atomic E-state index is 0.121. The zero-order chi connectivity index (χ0) is 14.7. The van der Waals surface area contributed by atoms with Crippen LogP contribution < -0.4 is 0 Å². The number of carboxylic acid groups (broad SMARTS) is 1. The molecule has 0 amide bonds. The Morgan fingerprint density at radius 3 is 2.35 bits per heavy atom. The summed E-state index contributed by atoms with van der Waals surface area (Å²) < 4.78 is 5.39. The zero-order valence-corrected chi connectivity index (χ0v) is 12.2. The lowest BCUT2D eigenvalue weighted by molar-refractivity contribution is 0.0600. The normalized spacial score (nSPS) is 10.1. The van der Waals surface area contributed by atoms with Crippen LogP contribution in [0, 0.1) is 0 Å². The molecule has 2 rings (SSSR count). The third-order valence-electron chi connectivity index (χ3n) is 2.83. The lowest BCUT2D eigenvalue weighted by Gasteiger charge is -2.11. The summed E-state index contributed by atoms with van der Waals surface area (Å²) in [6.07, 6.45) is 0. The number of ether oxygens (including phenoxy) is 1. The molecular weight excluding hydrogens is 324 g/mol. The Morgan fingerprint density at radius 1 is 1.05 bits per heavy atom. The van der Waals surface area contributed by atoms with Crippen LogP contribution in [0.15, 0.2) is 46.9 Å². The number of methoxy groups -OCH3 is 1. The SMILES string of the molecule is COC(=O)c1ccccc1-c1ccc(Br)cc1C(=O)O. The molecule has 2 aromatic rings. The van der Waals surface area contributed by atoms with Gasteiger partial charge in [0.1, 0.15) is 0 Å². The fourth-order valence-electron chi connectivity index (χ4n) is 1.93. The summed E-state index contributed by atoms with van der Waals surface area (Å²) >= 11 is 3.24. The monoisotopic (exact) mass is 334 g/mol. The van der Waals surface area contributed by atoms with Crippen LogP contribution in [0.3, 0.4) is 0 Å². The van der Waals surface area contributed by atoms with Crippen molar-refractivity contribution in [3.8, 4) is 11.1 Å². The molecule has 0 unspecified atom stereocenters. The lowest BCUT2D eigenvalue weighted by Crippen LogP contribution is -2.06. The van der Waals surface area contributed by atoms with Gasteiger partial charge in [-0.25, -0.2) is 9.59 Å². The number of carbonyl (C=O) groups excluding carboxylic acids is 1. The van der Waals surface area contributed by atoms with Crippen LogP contribution in [-0.2, 0) is 4.74 Å². The van der Waals surface area contributed by atoms with Crippen molar-refractivity contribution in [3.05, 3.63) is 58.1 Å². The Hall–Kier alpha value is -2.14. The third kappa shape index (κ3) is 2.72. The molecule has 0 heterocycles. The molecule has 0 spiro atoms. The first-order chi connectivity index (χ1) is 9.54. The van der Waals surface area contributed by atoms with Crippen LogP contribution >= 0.6 is 15.9 Å². The van der Waals surface area contributed by atoms with Crippen molar-refractivity contribution in [1.29, 1.82) is 0 Å². The number of hydrogen-bond donors (Lipinski definition) is 1. The van der Waals surface area contributed by atoms with E-state index in [-0.39, 0.29) is 5.56 Å². The molecule has 0 radical (unpaired) electrons. The van der Waals surface area contributed by atoms with E-state index in [1.165, 1.54) is 13.2 Å². The second-order valence-corrected chi connectivity index (χ2v) is 4.95. The molecule has 0 aromatic heterocycles. The van der Waals surface area contributed by atoms with Gasteiger partial charge in [0.15, 0.2) is 0 Å². The minimum Gasteiger partial charge on any atom is -0.478 e. The second-order valence-electron chi connectivity index (χ2n) is 4.03. The summed E-state index contributed by atoms with van der Waals surface area (Å²) in [6, 6.07) is 11.7. The van der Waals surface area contributed by atoms with Crippen LogP contribution in [0.5, 0.6) is 0 Å². The van der Waals surface area contributed by atoms with Crippen molar-refractivity contribution in [1.82, 2.24) is 0 Å². The standard InChI is InChI=1S/C15H11BrO4/c1-20-15(19)12-5-3-2-4-10(12)11-7-6-9(16)8-13(11)14(17)18/h2-8H,1H3,(H,17,18). The van der Waals surface area contributed by atoms with Gasteiger partial charge in [-0.3, -0.25) is 0 Å². The molecule has 0 fully saturated rings. The zero-order valence-electron chi connectivity index (χ0n) is 10.6. The molecule has 0 saturated heterocycles. The van der Waals surface area contributed by atoms with Gasteiger partial charge >= 0.3 is 11.9 Å². The molecule has 0 bridgehead atoms. The molecule has 0 aliphatic carbocycles. The molecule has 20 heavy (non-hydrogen) atoms. The van der Waals surface area contributed by atoms with Crippen molar-refractivity contribution < 1.29 is 19.4 Å². The summed E-state index contributed by atoms with van der Waals surface area (Å²) in [5.41, 5.74) is 1.46. The summed E-state index contributed by atoms with van der Waals surface area (Å²) in [7, 11) is 1.29. The van der Waals surface area contributed by atoms with Gasteiger partial charge in [0.2, 0.25) is 0 Å². The number of hydrogen-bond acceptors (Lipinski definition) is 3. The van der Waals surface area contributed by atoms with E-state index in [0.717, 1.165) is 0 Å². The van der Waals surface area contributed by atoms with E-state index in [1.807, 2.05) is 0 Å². The molecule has 0 saturated carbocycles. The minimum atomic E-state index is -1.05. The number of halogens is 1. The molecular formula is C15H11BrO4. The van der Waals surface area contributed by atoms with Gasteiger partial charge in [-0.15, -0.1) is 0 Å². The van der Waals surface area contributed by atoms with Gasteiger partial charge in [-0.2, -0.15) is 0 Å². The smallest absolute Gasteiger partial charge is 0.338 e. The second kappa shape index (κ2) is 5.88. The van der Waals surface area contributed by atoms with Crippen molar-refractivity contribution in [2.75, 3.05) is 7.11 Å². The highest BCUT2D eigenvalue weighted by atomic mass is 79.9. The first-order valence-corrected chi connectivity index (χ1v) is 6.54. The van der Waals surface area contributed by atoms with E-state index in [9.17, 15) is 14.7 Å². The molecule has 0 aliphatic heterocycles. The average molecular weight is 335 g/mol. The van der Waals surface area contributed by atoms with E-state index in [2.05, 4.69) is 15.9 Å². The number of benzene rings is 2. The molecule has 4 nitrogen and oxygen atoms in total. The Morgan fingerprint density at radius 2 is 1.70 bits per heavy atom. The van der Waals surface area contributed by atoms with Crippen LogP contribution in [0.4, 0.5) is 0 Å². The van der Waals surface area contributed by atoms with Gasteiger partial charge in [-0.1, -0.05) is 40.2 Å². The van der Waals surface area contributed by atoms with E-state index >= 15 is 0 Å². The van der Waals surface area contributed by atoms with Gasteiger partial charge in [-0.05, 0) is 29.3 Å². The Balaban J connectivity index is 2.69. The van der Waals surface area contributed by atoms with Crippen LogP contribution in [0.25, 0.3) is 11.1 Å². The predicted octanol–water partition coefficient (Wildman–Crippen LogP) is 3.60. The van der Waals surface area contributed by atoms with E-state index in [4.69, 9.17) is 4.74 Å². The molecule has 0 atom stereocenters. The predicted molar refractivity (Wildman–Crippen MR) is 77.9 cm³/mol. The summed E-state index contributed by atoms with van der Waals surface area (Å²) in [5, 5.41) is 9.30. The van der Waals surface area contributed by atoms with Crippen molar-refractivity contribution in [2.24, 2.45) is 0 Å². The largest absolute Gasteiger partial charge is 0.478 e. The van der Waals surface area contributed by atoms with E-state index in [0.29, 0.717) is 21.2 Å². The topological polar surface area (TPSA) is 63.6 Å². The average Bonchev–Trinajstić information content (AvgIpc) is 2.46. The van der Waals surface area contributed by atoms with E-state index in [1.54, 1.807) is 36.4 Å². The molecule has 102 valence electrons. The highest BCUT2D eigenvalue weighted by Gasteiger charge is 2.18.